The van der Waals surface area contributed by atoms with Gasteiger partial charge in [-0.15, -0.1) is 0 Å². The zero-order valence-electron chi connectivity index (χ0n) is 62.1. The van der Waals surface area contributed by atoms with Crippen molar-refractivity contribution in [3.8, 4) is 0 Å². The lowest BCUT2D eigenvalue weighted by Gasteiger charge is -2.51. The molecule has 9 fully saturated rings. The summed E-state index contributed by atoms with van der Waals surface area (Å²) in [6.45, 7) is -10.6. The molecule has 0 aliphatic carbocycles. The van der Waals surface area contributed by atoms with Crippen LogP contribution in [0.15, 0.2) is 0 Å². The van der Waals surface area contributed by atoms with E-state index in [2.05, 4.69) is 10.6 Å². The molecular formula is C64H110N2O51. The maximum absolute atomic E-state index is 13.0. The van der Waals surface area contributed by atoms with Gasteiger partial charge in [0, 0.05) is 13.8 Å². The zero-order chi connectivity index (χ0) is 86.4. The highest BCUT2D eigenvalue weighted by molar-refractivity contribution is 5.73. The molecule has 0 bridgehead atoms. The predicted molar refractivity (Wildman–Crippen MR) is 355 cm³/mol. The summed E-state index contributed by atoms with van der Waals surface area (Å²) in [5.41, 5.74) is 0. The molecule has 682 valence electrons. The first-order valence-corrected chi connectivity index (χ1v) is 37.1. The smallest absolute Gasteiger partial charge is 0.217 e. The number of hydrogen-bond donors (Lipinski definition) is 33. The minimum atomic E-state index is -2.66. The molecule has 9 aliphatic heterocycles. The molecule has 53 heteroatoms. The van der Waals surface area contributed by atoms with Crippen molar-refractivity contribution >= 4 is 11.8 Å². The van der Waals surface area contributed by atoms with Gasteiger partial charge in [0.05, 0.1) is 78.7 Å². The molecule has 0 spiro atoms. The maximum Gasteiger partial charge on any atom is 0.217 e. The number of aliphatic hydroxyl groups is 31. The van der Waals surface area contributed by atoms with Gasteiger partial charge in [0.25, 0.3) is 0 Å². The highest BCUT2D eigenvalue weighted by Gasteiger charge is 2.61. The molecule has 0 aromatic heterocycles. The van der Waals surface area contributed by atoms with E-state index in [0.717, 1.165) is 13.8 Å². The van der Waals surface area contributed by atoms with Gasteiger partial charge in [0.15, 0.2) is 56.6 Å². The molecule has 0 radical (unpaired) electrons. The molecule has 49 atom stereocenters. The monoisotopic (exact) mass is 1720 g/mol. The average molecular weight is 1720 g/mol. The Bertz CT molecular complexity index is 2990. The number of hydrogen-bond acceptors (Lipinski definition) is 51. The second-order valence-electron chi connectivity index (χ2n) is 29.3. The number of nitrogens with one attached hydrogen (secondary N) is 2. The third-order valence-electron chi connectivity index (χ3n) is 21.3. The Labute approximate surface area is 661 Å². The molecule has 2 amide bonds. The number of ether oxygens (including phenoxy) is 18. The number of aliphatic hydroxyl groups excluding tert-OH is 31. The minimum absolute atomic E-state index is 0.830. The molecule has 117 heavy (non-hydrogen) atoms. The summed E-state index contributed by atoms with van der Waals surface area (Å²) >= 11 is 0. The lowest BCUT2D eigenvalue weighted by molar-refractivity contribution is -0.411. The van der Waals surface area contributed by atoms with Crippen LogP contribution in [-0.2, 0) is 94.9 Å². The van der Waals surface area contributed by atoms with Crippen LogP contribution in [0.4, 0.5) is 0 Å². The Morgan fingerprint density at radius 2 is 0.581 bits per heavy atom. The standard InChI is InChI=1S/C64H110N2O51/c1-14(76)65-16(3-67)28(79)49(17(78)4-68)111-56-27(66-15(2)77)37(88)50(24(11-75)108-56)112-62-48(99)53(36(87)26(110-62)13-101-58-46(97)52(114-60-45(96)40(91)31(82)20(7-71)104-60)35(86)25(109-58)12-100-57-43(94)38(89)29(80)18(5-69)102-57)115-63-55(42(93)33(84)21(8-72)106-63)117-64-54(41(92)32(83)22(9-73)107-64)116-61-47(98)51(34(85)23(10-74)105-61)113-59-44(95)39(90)30(81)19(6-70)103-59/h16-64,67-75,78-99H,3-13H2,1-2H3,(H,65,76)(H,66,77)/t16-,17+,18+,19+,20+,21+,22+,23+,24+,25+,26+,27+,28+,29+,30+,31+,32+,33+,34+,35+,36+,37+,38-,39-,40-,41-,42-,43-,44+,45-,46-,47-,48-,49+,50+,51-,52-,53-,54-,55-,56?,57?,58?,59?,60?,61?,62?,63?,64?/m0/s1. The first-order valence-electron chi connectivity index (χ1n) is 37.1. The van der Waals surface area contributed by atoms with Crippen molar-refractivity contribution in [1.29, 1.82) is 0 Å². The van der Waals surface area contributed by atoms with Gasteiger partial charge in [-0.2, -0.15) is 0 Å². The second kappa shape index (κ2) is 43.3. The van der Waals surface area contributed by atoms with E-state index < -0.39 is 385 Å². The second-order valence-corrected chi connectivity index (χ2v) is 29.3. The molecule has 9 rings (SSSR count). The highest BCUT2D eigenvalue weighted by Crippen LogP contribution is 2.40. The zero-order valence-corrected chi connectivity index (χ0v) is 62.1. The topological polar surface area (TPSA) is 851 Å². The van der Waals surface area contributed by atoms with Gasteiger partial charge in [-0.1, -0.05) is 0 Å². The largest absolute Gasteiger partial charge is 0.394 e. The Kier molecular flexibility index (Phi) is 36.1. The third kappa shape index (κ3) is 21.7. The fraction of sp³-hybridized carbons (Fsp3) is 0.969. The summed E-state index contributed by atoms with van der Waals surface area (Å²) in [6, 6.07) is -3.69. The first kappa shape index (κ1) is 97.8. The van der Waals surface area contributed by atoms with E-state index in [9.17, 15) is 168 Å². The van der Waals surface area contributed by atoms with Gasteiger partial charge in [-0.3, -0.25) is 9.59 Å². The van der Waals surface area contributed by atoms with Crippen LogP contribution in [0.2, 0.25) is 0 Å². The van der Waals surface area contributed by atoms with Crippen LogP contribution in [0.25, 0.3) is 0 Å². The number of carbonyl (C=O) groups excluding carboxylic acids is 2. The Morgan fingerprint density at radius 3 is 0.966 bits per heavy atom. The summed E-state index contributed by atoms with van der Waals surface area (Å²) in [5, 5.41) is 346. The number of rotatable bonds is 34. The fourth-order valence-corrected chi connectivity index (χ4v) is 14.6. The van der Waals surface area contributed by atoms with Gasteiger partial charge in [-0.05, 0) is 0 Å². The molecule has 0 aromatic carbocycles. The fourth-order valence-electron chi connectivity index (χ4n) is 14.6. The van der Waals surface area contributed by atoms with Crippen LogP contribution in [0, 0.1) is 0 Å². The third-order valence-corrected chi connectivity index (χ3v) is 21.3. The summed E-state index contributed by atoms with van der Waals surface area (Å²) in [5.74, 6) is -1.84. The van der Waals surface area contributed by atoms with Crippen molar-refractivity contribution in [1.82, 2.24) is 10.6 Å². The van der Waals surface area contributed by atoms with Crippen LogP contribution in [-0.4, -0.2) is 543 Å². The van der Waals surface area contributed by atoms with Crippen molar-refractivity contribution in [2.24, 2.45) is 0 Å². The highest BCUT2D eigenvalue weighted by atomic mass is 16.8. The van der Waals surface area contributed by atoms with Crippen molar-refractivity contribution in [2.75, 3.05) is 72.7 Å². The Balaban J connectivity index is 1.07. The number of carbonyl (C=O) groups is 2. The summed E-state index contributed by atoms with van der Waals surface area (Å²) in [4.78, 5) is 25.1. The van der Waals surface area contributed by atoms with E-state index in [4.69, 9.17) is 85.3 Å². The molecule has 9 heterocycles. The molecule has 0 saturated carbocycles. The van der Waals surface area contributed by atoms with E-state index in [-0.39, 0.29) is 0 Å². The Morgan fingerprint density at radius 1 is 0.291 bits per heavy atom. The van der Waals surface area contributed by atoms with Crippen molar-refractivity contribution < 1.29 is 253 Å². The van der Waals surface area contributed by atoms with E-state index >= 15 is 0 Å². The van der Waals surface area contributed by atoms with Crippen molar-refractivity contribution in [2.45, 2.75) is 314 Å². The predicted octanol–water partition coefficient (Wildman–Crippen LogP) is -22.9. The van der Waals surface area contributed by atoms with Gasteiger partial charge in [-0.25, -0.2) is 0 Å². The van der Waals surface area contributed by atoms with E-state index in [1.807, 2.05) is 0 Å². The normalized spacial score (nSPS) is 48.6. The van der Waals surface area contributed by atoms with Crippen LogP contribution in [0.5, 0.6) is 0 Å². The summed E-state index contributed by atoms with van der Waals surface area (Å²) in [7, 11) is 0. The Hall–Kier alpha value is -3.02. The molecule has 9 unspecified atom stereocenters. The number of amides is 2. The van der Waals surface area contributed by atoms with E-state index in [0.29, 0.717) is 0 Å². The minimum Gasteiger partial charge on any atom is -0.394 e. The molecule has 33 N–H and O–H groups in total. The lowest BCUT2D eigenvalue weighted by atomic mass is 9.94. The quantitative estimate of drug-likeness (QED) is 0.0284. The van der Waals surface area contributed by atoms with Gasteiger partial charge in [0.2, 0.25) is 11.8 Å². The van der Waals surface area contributed by atoms with E-state index in [1.165, 1.54) is 0 Å². The van der Waals surface area contributed by atoms with Crippen LogP contribution >= 0.6 is 0 Å². The van der Waals surface area contributed by atoms with Gasteiger partial charge < -0.3 is 254 Å². The van der Waals surface area contributed by atoms with Crippen molar-refractivity contribution in [3.63, 3.8) is 0 Å². The molecule has 0 aromatic rings. The van der Waals surface area contributed by atoms with Crippen LogP contribution < -0.4 is 10.6 Å². The first-order chi connectivity index (χ1) is 55.4. The lowest BCUT2D eigenvalue weighted by Crippen LogP contribution is -2.70. The van der Waals surface area contributed by atoms with Crippen molar-refractivity contribution in [3.05, 3.63) is 0 Å². The molecule has 9 aliphatic rings. The molecule has 9 saturated heterocycles. The van der Waals surface area contributed by atoms with Crippen LogP contribution in [0.1, 0.15) is 13.8 Å². The summed E-state index contributed by atoms with van der Waals surface area (Å²) in [6.07, 6.45) is -103. The van der Waals surface area contributed by atoms with E-state index in [1.54, 1.807) is 0 Å². The molecule has 53 nitrogen and oxygen atoms in total. The van der Waals surface area contributed by atoms with Gasteiger partial charge >= 0.3 is 0 Å². The summed E-state index contributed by atoms with van der Waals surface area (Å²) < 4.78 is 105. The average Bonchev–Trinajstić information content (AvgIpc) is 0.765. The molecular weight excluding hydrogens is 1610 g/mol. The van der Waals surface area contributed by atoms with Crippen LogP contribution in [0.3, 0.4) is 0 Å². The van der Waals surface area contributed by atoms with Gasteiger partial charge in [0.1, 0.15) is 238 Å². The SMILES string of the molecule is CC(=O)N[C@@H](CO)[C@@H](O)[C@H](OC1O[C@H](CO)[C@@H](OC2O[C@H](COC3O[C@H](COC4O[C@H](CO)[C@@H](O)[C@H](O)[C@@H]4O)[C@@H](O)[C@H](OC4O[C@H](CO)[C@@H](O)[C@H](O)[C@@H]4O)[C@@H]3O)[C@@H](O)[C@H](OC3O[C@H](CO)[C@@H](O)[C@H](O)[C@@H]3OC3O[C@H](CO)[C@@H](O)[C@H](O)[C@@H]3OC3O[C@H](CO)[C@@H](O)[C@H](OC4O[C@H](CO)[C@@H](O)[C@H](O)[C@H]4O)[C@@H]3O)[C@@H]2O)[C@H](O)[C@H]1NC(C)=O)[C@H](O)CO. The maximum atomic E-state index is 13.0.